The summed E-state index contributed by atoms with van der Waals surface area (Å²) < 4.78 is 0. The zero-order chi connectivity index (χ0) is 35.7. The van der Waals surface area contributed by atoms with Crippen molar-refractivity contribution < 1.29 is 9.90 Å². The summed E-state index contributed by atoms with van der Waals surface area (Å²) in [4.78, 5) is 20.9. The summed E-state index contributed by atoms with van der Waals surface area (Å²) in [5, 5.41) is 14.8. The van der Waals surface area contributed by atoms with Crippen molar-refractivity contribution in [1.29, 1.82) is 0 Å². The summed E-state index contributed by atoms with van der Waals surface area (Å²) in [6, 6.07) is 9.64. The highest BCUT2D eigenvalue weighted by atomic mass is 32.2. The fourth-order valence-electron chi connectivity index (χ4n) is 13.5. The molecule has 1 heterocycles. The molecule has 1 aromatic carbocycles. The first kappa shape index (κ1) is 35.9. The first-order chi connectivity index (χ1) is 23.7. The number of allylic oxidation sites excluding steroid dienone is 3. The lowest BCUT2D eigenvalue weighted by Gasteiger charge is -2.72. The second-order valence-electron chi connectivity index (χ2n) is 18.3. The van der Waals surface area contributed by atoms with Gasteiger partial charge in [-0.3, -0.25) is 0 Å². The van der Waals surface area contributed by atoms with Crippen LogP contribution in [0.15, 0.2) is 59.8 Å². The van der Waals surface area contributed by atoms with E-state index in [9.17, 15) is 9.90 Å². The van der Waals surface area contributed by atoms with E-state index in [0.29, 0.717) is 46.0 Å². The molecular formula is C44H61N3O2S. The molecule has 50 heavy (non-hydrogen) atoms. The minimum atomic E-state index is -0.859. The monoisotopic (exact) mass is 695 g/mol. The van der Waals surface area contributed by atoms with Crippen molar-refractivity contribution in [2.24, 2.45) is 51.2 Å². The number of benzene rings is 1. The third-order valence-electron chi connectivity index (χ3n) is 16.0. The molecule has 5 nitrogen and oxygen atoms in total. The van der Waals surface area contributed by atoms with Crippen LogP contribution in [0.4, 0.5) is 0 Å². The van der Waals surface area contributed by atoms with Gasteiger partial charge in [0.05, 0.1) is 10.6 Å². The van der Waals surface area contributed by atoms with Crippen LogP contribution < -0.4 is 5.32 Å². The van der Waals surface area contributed by atoms with Gasteiger partial charge >= 0.3 is 5.97 Å². The summed E-state index contributed by atoms with van der Waals surface area (Å²) in [5.74, 6) is 3.38. The third kappa shape index (κ3) is 5.47. The standard InChI is InChI=1S/C44H61N3O2S/c1-28(2)31-17-23-44(46-26-9-10-36-45-27-20-37(47-36)50-8)25-24-42(6)33(38(31)44)15-16-35-41(5)21-18-32(29-11-13-30(14-12-29)39(48)49)40(3,4)34(41)19-22-43(35,42)7/h11-14,18,20,27,31,33-35,38,46H,1,9-10,15-17,19,21-26H2,2-8H3,(H,48,49)/t31-,33+,34-,35+,38+,41-,42+,43+,44-/m0/s1. The number of nitrogens with one attached hydrogen (secondary N) is 1. The van der Waals surface area contributed by atoms with E-state index in [1.165, 1.54) is 68.1 Å². The molecule has 2 aromatic rings. The highest BCUT2D eigenvalue weighted by Gasteiger charge is 2.70. The first-order valence-electron chi connectivity index (χ1n) is 19.5. The first-order valence-corrected chi connectivity index (χ1v) is 20.7. The lowest BCUT2D eigenvalue weighted by molar-refractivity contribution is -0.219. The number of thioether (sulfide) groups is 1. The maximum atomic E-state index is 11.6. The highest BCUT2D eigenvalue weighted by molar-refractivity contribution is 7.98. The number of aromatic nitrogens is 2. The van der Waals surface area contributed by atoms with Gasteiger partial charge in [-0.05, 0) is 165 Å². The number of carboxylic acids is 1. The Hall–Kier alpha value is -2.44. The molecular weight excluding hydrogens is 635 g/mol. The average Bonchev–Trinajstić information content (AvgIpc) is 3.47. The van der Waals surface area contributed by atoms with Gasteiger partial charge in [-0.1, -0.05) is 65.0 Å². The van der Waals surface area contributed by atoms with Gasteiger partial charge in [0.15, 0.2) is 0 Å². The Morgan fingerprint density at radius 1 is 0.960 bits per heavy atom. The molecule has 0 saturated heterocycles. The smallest absolute Gasteiger partial charge is 0.335 e. The van der Waals surface area contributed by atoms with E-state index in [2.05, 4.69) is 70.8 Å². The predicted molar refractivity (Wildman–Crippen MR) is 206 cm³/mol. The molecule has 0 aliphatic heterocycles. The van der Waals surface area contributed by atoms with E-state index in [1.54, 1.807) is 23.9 Å². The number of carboxylic acid groups (broad SMARTS) is 1. The van der Waals surface area contributed by atoms with Crippen LogP contribution in [0.25, 0.3) is 5.57 Å². The molecule has 6 heteroatoms. The summed E-state index contributed by atoms with van der Waals surface area (Å²) in [7, 11) is 0. The molecule has 0 amide bonds. The Morgan fingerprint density at radius 3 is 2.42 bits per heavy atom. The molecule has 4 saturated carbocycles. The summed E-state index contributed by atoms with van der Waals surface area (Å²) in [6.07, 6.45) is 20.0. The van der Waals surface area contributed by atoms with Crippen molar-refractivity contribution in [2.45, 2.75) is 123 Å². The fraction of sp³-hybridized carbons (Fsp3) is 0.659. The van der Waals surface area contributed by atoms with Crippen molar-refractivity contribution >= 4 is 23.3 Å². The van der Waals surface area contributed by atoms with Crippen LogP contribution in [0.1, 0.15) is 127 Å². The van der Waals surface area contributed by atoms with Crippen LogP contribution in [-0.4, -0.2) is 39.4 Å². The molecule has 0 unspecified atom stereocenters. The quantitative estimate of drug-likeness (QED) is 0.118. The zero-order valence-electron chi connectivity index (χ0n) is 31.8. The molecule has 0 bridgehead atoms. The number of hydrogen-bond acceptors (Lipinski definition) is 5. The molecule has 5 aliphatic carbocycles. The van der Waals surface area contributed by atoms with Crippen molar-refractivity contribution in [3.8, 4) is 0 Å². The Kier molecular flexibility index (Phi) is 9.27. The number of hydrogen-bond donors (Lipinski definition) is 2. The highest BCUT2D eigenvalue weighted by Crippen LogP contribution is 2.76. The van der Waals surface area contributed by atoms with Gasteiger partial charge in [0.25, 0.3) is 0 Å². The number of fused-ring (bicyclic) bond motifs is 7. The molecule has 4 fully saturated rings. The zero-order valence-corrected chi connectivity index (χ0v) is 32.6. The Balaban J connectivity index is 1.14. The van der Waals surface area contributed by atoms with Gasteiger partial charge in [-0.25, -0.2) is 14.8 Å². The van der Waals surface area contributed by atoms with E-state index in [4.69, 9.17) is 4.98 Å². The van der Waals surface area contributed by atoms with Gasteiger partial charge in [0.2, 0.25) is 0 Å². The summed E-state index contributed by atoms with van der Waals surface area (Å²) >= 11 is 1.69. The number of carbonyl (C=O) groups is 1. The van der Waals surface area contributed by atoms with Crippen molar-refractivity contribution in [3.63, 3.8) is 0 Å². The lowest BCUT2D eigenvalue weighted by Crippen LogP contribution is -2.68. The molecule has 2 N–H and O–H groups in total. The van der Waals surface area contributed by atoms with Crippen molar-refractivity contribution in [2.75, 3.05) is 12.8 Å². The van der Waals surface area contributed by atoms with Crippen molar-refractivity contribution in [3.05, 3.63) is 71.7 Å². The van der Waals surface area contributed by atoms with Crippen LogP contribution in [0.3, 0.4) is 0 Å². The minimum absolute atomic E-state index is 0.0285. The van der Waals surface area contributed by atoms with E-state index in [1.807, 2.05) is 24.4 Å². The fourth-order valence-corrected chi connectivity index (χ4v) is 13.9. The maximum Gasteiger partial charge on any atom is 0.335 e. The molecule has 1 aromatic heterocycles. The van der Waals surface area contributed by atoms with Gasteiger partial charge in [0.1, 0.15) is 5.82 Å². The Morgan fingerprint density at radius 2 is 1.72 bits per heavy atom. The average molecular weight is 696 g/mol. The van der Waals surface area contributed by atoms with E-state index < -0.39 is 5.97 Å². The molecule has 0 spiro atoms. The van der Waals surface area contributed by atoms with Gasteiger partial charge in [-0.2, -0.15) is 0 Å². The number of aryl methyl sites for hydroxylation is 1. The lowest BCUT2D eigenvalue weighted by atomic mass is 9.33. The van der Waals surface area contributed by atoms with E-state index >= 15 is 0 Å². The molecule has 5 aliphatic rings. The van der Waals surface area contributed by atoms with Crippen LogP contribution in [-0.2, 0) is 6.42 Å². The van der Waals surface area contributed by atoms with E-state index in [0.717, 1.165) is 36.7 Å². The van der Waals surface area contributed by atoms with Crippen molar-refractivity contribution in [1.82, 2.24) is 15.3 Å². The Labute approximate surface area is 306 Å². The second kappa shape index (κ2) is 12.9. The molecule has 7 rings (SSSR count). The minimum Gasteiger partial charge on any atom is -0.478 e. The normalized spacial score (nSPS) is 38.6. The number of aromatic carboxylic acids is 1. The predicted octanol–water partition coefficient (Wildman–Crippen LogP) is 10.5. The van der Waals surface area contributed by atoms with Gasteiger partial charge in [-0.15, -0.1) is 11.8 Å². The third-order valence-corrected chi connectivity index (χ3v) is 16.7. The summed E-state index contributed by atoms with van der Waals surface area (Å²) in [6.45, 7) is 21.0. The largest absolute Gasteiger partial charge is 0.478 e. The van der Waals surface area contributed by atoms with Crippen LogP contribution in [0.5, 0.6) is 0 Å². The maximum absolute atomic E-state index is 11.6. The molecule has 0 radical (unpaired) electrons. The Bertz CT molecular complexity index is 1670. The van der Waals surface area contributed by atoms with Gasteiger partial charge < -0.3 is 10.4 Å². The van der Waals surface area contributed by atoms with E-state index in [-0.39, 0.29) is 16.4 Å². The second-order valence-corrected chi connectivity index (χ2v) is 19.1. The topological polar surface area (TPSA) is 75.1 Å². The molecule has 9 atom stereocenters. The SMILES string of the molecule is C=C(C)[C@@H]1CC[C@]2(NCCCc3nccc(SC)n3)CC[C@]3(C)[C@H](CC[C@@H]4[C@@]5(C)CC=C(c6ccc(C(=O)O)cc6)C(C)(C)[C@@H]5CC[C@]43C)[C@@H]12. The summed E-state index contributed by atoms with van der Waals surface area (Å²) in [5.41, 5.74) is 5.46. The number of rotatable bonds is 9. The van der Waals surface area contributed by atoms with Crippen LogP contribution in [0.2, 0.25) is 0 Å². The number of nitrogens with zero attached hydrogens (tertiary/aromatic N) is 2. The molecule has 270 valence electrons. The van der Waals surface area contributed by atoms with Gasteiger partial charge in [0, 0.05) is 18.2 Å². The van der Waals surface area contributed by atoms with Crippen LogP contribution in [0, 0.1) is 51.2 Å². The van der Waals surface area contributed by atoms with Crippen LogP contribution >= 0.6 is 11.8 Å².